The molecular weight excluding hydrogens is 442 g/mol. The number of nitrogens with zero attached hydrogens (tertiary/aromatic N) is 1. The zero-order valence-corrected chi connectivity index (χ0v) is 20.0. The van der Waals surface area contributed by atoms with Crippen molar-refractivity contribution < 1.29 is 22.7 Å². The second-order valence-electron chi connectivity index (χ2n) is 8.90. The first-order chi connectivity index (χ1) is 15.6. The molecule has 0 saturated carbocycles. The third-order valence-corrected chi connectivity index (χ3v) is 8.20. The highest BCUT2D eigenvalue weighted by Crippen LogP contribution is 2.37. The highest BCUT2D eigenvalue weighted by Gasteiger charge is 2.40. The van der Waals surface area contributed by atoms with Gasteiger partial charge in [0.05, 0.1) is 10.6 Å². The number of anilines is 2. The van der Waals surface area contributed by atoms with Crippen LogP contribution >= 0.6 is 0 Å². The largest absolute Gasteiger partial charge is 0.479 e. The number of fused-ring (bicyclic) bond motifs is 1. The molecule has 0 radical (unpaired) electrons. The molecule has 33 heavy (non-hydrogen) atoms. The molecule has 2 aliphatic heterocycles. The van der Waals surface area contributed by atoms with Gasteiger partial charge in [0.2, 0.25) is 15.9 Å². The van der Waals surface area contributed by atoms with E-state index in [0.717, 1.165) is 5.56 Å². The minimum absolute atomic E-state index is 0.0746. The monoisotopic (exact) mass is 471 g/mol. The van der Waals surface area contributed by atoms with E-state index >= 15 is 0 Å². The van der Waals surface area contributed by atoms with Gasteiger partial charge in [-0.1, -0.05) is 26.0 Å². The number of hydrogen-bond donors (Lipinski definition) is 2. The lowest BCUT2D eigenvalue weighted by Gasteiger charge is -2.27. The first kappa shape index (κ1) is 23.3. The van der Waals surface area contributed by atoms with E-state index in [4.69, 9.17) is 4.74 Å². The Morgan fingerprint density at radius 2 is 1.91 bits per heavy atom. The summed E-state index contributed by atoms with van der Waals surface area (Å²) in [6, 6.07) is 9.82. The van der Waals surface area contributed by atoms with Crippen LogP contribution in [0.1, 0.15) is 50.7 Å². The van der Waals surface area contributed by atoms with Crippen molar-refractivity contribution in [3.63, 3.8) is 0 Å². The molecule has 2 N–H and O–H groups in total. The number of nitrogens with one attached hydrogen (secondary N) is 2. The van der Waals surface area contributed by atoms with E-state index in [1.54, 1.807) is 19.9 Å². The van der Waals surface area contributed by atoms with Gasteiger partial charge < -0.3 is 15.4 Å². The first-order valence-electron chi connectivity index (χ1n) is 11.1. The summed E-state index contributed by atoms with van der Waals surface area (Å²) in [5.74, 6) is 0.0541. The Hall–Kier alpha value is -2.91. The lowest BCUT2D eigenvalue weighted by atomic mass is 10.0. The van der Waals surface area contributed by atoms with Crippen molar-refractivity contribution in [2.45, 2.75) is 63.5 Å². The van der Waals surface area contributed by atoms with Gasteiger partial charge in [-0.3, -0.25) is 9.59 Å². The predicted octanol–water partition coefficient (Wildman–Crippen LogP) is 3.63. The zero-order valence-electron chi connectivity index (χ0n) is 19.2. The van der Waals surface area contributed by atoms with Crippen LogP contribution < -0.4 is 15.4 Å². The number of carbonyl (C=O) groups is 2. The van der Waals surface area contributed by atoms with Crippen molar-refractivity contribution >= 4 is 33.2 Å². The number of aryl methyl sites for hydroxylation is 1. The van der Waals surface area contributed by atoms with Crippen molar-refractivity contribution in [1.29, 1.82) is 0 Å². The van der Waals surface area contributed by atoms with Crippen LogP contribution in [-0.4, -0.2) is 43.2 Å². The van der Waals surface area contributed by atoms with Crippen LogP contribution in [0.2, 0.25) is 0 Å². The maximum atomic E-state index is 13.6. The fourth-order valence-electron chi connectivity index (χ4n) is 4.21. The average Bonchev–Trinajstić information content (AvgIpc) is 3.26. The van der Waals surface area contributed by atoms with Crippen LogP contribution in [0.4, 0.5) is 11.4 Å². The second kappa shape index (κ2) is 8.79. The molecule has 1 saturated heterocycles. The van der Waals surface area contributed by atoms with E-state index in [2.05, 4.69) is 24.5 Å². The molecule has 0 aliphatic carbocycles. The molecule has 2 amide bonds. The predicted molar refractivity (Wildman–Crippen MR) is 126 cm³/mol. The van der Waals surface area contributed by atoms with E-state index in [1.165, 1.54) is 10.4 Å². The molecule has 2 aromatic carbocycles. The lowest BCUT2D eigenvalue weighted by Crippen LogP contribution is -2.43. The van der Waals surface area contributed by atoms with E-state index in [9.17, 15) is 18.0 Å². The Balaban J connectivity index is 1.58. The van der Waals surface area contributed by atoms with Gasteiger partial charge >= 0.3 is 0 Å². The zero-order chi connectivity index (χ0) is 23.9. The van der Waals surface area contributed by atoms with E-state index in [1.807, 2.05) is 24.3 Å². The topological polar surface area (TPSA) is 105 Å². The molecule has 2 atom stereocenters. The third kappa shape index (κ3) is 4.47. The minimum atomic E-state index is -3.96. The standard InChI is InChI=1S/C24H29N3O5S/c1-14(2)17-7-9-18(10-8-17)25-24(29)20-6-5-11-27(20)33(30,31)22-13-21-19(12-15(22)3)26-23(28)16(4)32-21/h7-10,12-14,16,20H,5-6,11H2,1-4H3,(H,25,29)(H,26,28)/t16-,20-/m0/s1. The van der Waals surface area contributed by atoms with E-state index in [0.29, 0.717) is 41.4 Å². The van der Waals surface area contributed by atoms with Gasteiger partial charge in [-0.2, -0.15) is 4.31 Å². The summed E-state index contributed by atoms with van der Waals surface area (Å²) in [5, 5.41) is 5.59. The van der Waals surface area contributed by atoms with Crippen LogP contribution in [0, 0.1) is 6.92 Å². The number of hydrogen-bond acceptors (Lipinski definition) is 5. The van der Waals surface area contributed by atoms with Gasteiger partial charge in [-0.15, -0.1) is 0 Å². The minimum Gasteiger partial charge on any atom is -0.479 e. The number of carbonyl (C=O) groups excluding carboxylic acids is 2. The summed E-state index contributed by atoms with van der Waals surface area (Å²) in [6.07, 6.45) is 0.322. The van der Waals surface area contributed by atoms with Crippen LogP contribution in [-0.2, 0) is 19.6 Å². The van der Waals surface area contributed by atoms with Crippen molar-refractivity contribution in [3.8, 4) is 5.75 Å². The van der Waals surface area contributed by atoms with Crippen molar-refractivity contribution in [1.82, 2.24) is 4.31 Å². The van der Waals surface area contributed by atoms with Crippen LogP contribution in [0.15, 0.2) is 41.3 Å². The summed E-state index contributed by atoms with van der Waals surface area (Å²) in [4.78, 5) is 25.0. The number of ether oxygens (including phenoxy) is 1. The number of benzene rings is 2. The maximum Gasteiger partial charge on any atom is 0.265 e. The Morgan fingerprint density at radius 1 is 1.21 bits per heavy atom. The van der Waals surface area contributed by atoms with Crippen LogP contribution in [0.3, 0.4) is 0 Å². The SMILES string of the molecule is Cc1cc2c(cc1S(=O)(=O)N1CCC[C@H]1C(=O)Nc1ccc(C(C)C)cc1)O[C@@H](C)C(=O)N2. The first-order valence-corrected chi connectivity index (χ1v) is 12.6. The Bertz CT molecular complexity index is 1190. The van der Waals surface area contributed by atoms with Crippen molar-refractivity contribution in [2.75, 3.05) is 17.2 Å². The summed E-state index contributed by atoms with van der Waals surface area (Å²) < 4.78 is 34.0. The van der Waals surface area contributed by atoms with Gasteiger partial charge in [-0.25, -0.2) is 8.42 Å². The number of sulfonamides is 1. The summed E-state index contributed by atoms with van der Waals surface area (Å²) in [6.45, 7) is 7.71. The Morgan fingerprint density at radius 3 is 2.58 bits per heavy atom. The van der Waals surface area contributed by atoms with Gasteiger partial charge in [0.25, 0.3) is 5.91 Å². The normalized spacial score (nSPS) is 20.8. The van der Waals surface area contributed by atoms with Crippen molar-refractivity contribution in [2.24, 2.45) is 0 Å². The fraction of sp³-hybridized carbons (Fsp3) is 0.417. The van der Waals surface area contributed by atoms with Gasteiger partial charge in [-0.05, 0) is 61.9 Å². The maximum absolute atomic E-state index is 13.6. The smallest absolute Gasteiger partial charge is 0.265 e. The molecular formula is C24H29N3O5S. The van der Waals surface area contributed by atoms with Gasteiger partial charge in [0.15, 0.2) is 6.10 Å². The molecule has 0 aromatic heterocycles. The molecule has 0 unspecified atom stereocenters. The van der Waals surface area contributed by atoms with Crippen molar-refractivity contribution in [3.05, 3.63) is 47.5 Å². The summed E-state index contributed by atoms with van der Waals surface area (Å²) in [5.41, 5.74) is 2.71. The third-order valence-electron chi connectivity index (χ3n) is 6.15. The molecule has 176 valence electrons. The molecule has 9 heteroatoms. The van der Waals surface area contributed by atoms with Gasteiger partial charge in [0, 0.05) is 18.3 Å². The summed E-state index contributed by atoms with van der Waals surface area (Å²) >= 11 is 0. The second-order valence-corrected chi connectivity index (χ2v) is 10.8. The Labute approximate surface area is 194 Å². The molecule has 8 nitrogen and oxygen atoms in total. The molecule has 4 rings (SSSR count). The van der Waals surface area contributed by atoms with Crippen LogP contribution in [0.25, 0.3) is 0 Å². The molecule has 0 spiro atoms. The Kier molecular flexibility index (Phi) is 6.20. The molecule has 1 fully saturated rings. The molecule has 2 aromatic rings. The average molecular weight is 472 g/mol. The molecule has 0 bridgehead atoms. The summed E-state index contributed by atoms with van der Waals surface area (Å²) in [7, 11) is -3.96. The quantitative estimate of drug-likeness (QED) is 0.693. The molecule has 2 aliphatic rings. The van der Waals surface area contributed by atoms with E-state index in [-0.39, 0.29) is 23.3 Å². The number of amides is 2. The highest BCUT2D eigenvalue weighted by molar-refractivity contribution is 7.89. The lowest BCUT2D eigenvalue weighted by molar-refractivity contribution is -0.122. The fourth-order valence-corrected chi connectivity index (χ4v) is 6.09. The van der Waals surface area contributed by atoms with Gasteiger partial charge in [0.1, 0.15) is 11.8 Å². The molecule has 2 heterocycles. The van der Waals surface area contributed by atoms with E-state index < -0.39 is 22.2 Å². The number of rotatable bonds is 5. The van der Waals surface area contributed by atoms with Crippen LogP contribution in [0.5, 0.6) is 5.75 Å². The highest BCUT2D eigenvalue weighted by atomic mass is 32.2.